The van der Waals surface area contributed by atoms with Gasteiger partial charge in [-0.1, -0.05) is 19.4 Å². The van der Waals surface area contributed by atoms with Crippen LogP contribution in [0.1, 0.15) is 43.5 Å². The largest absolute Gasteiger partial charge is 0.505 e. The number of aromatic nitrogens is 6. The van der Waals surface area contributed by atoms with E-state index >= 15 is 0 Å². The molecule has 4 aromatic rings. The number of halogens is 1. The maximum atomic E-state index is 14.1. The molecule has 1 atom stereocenters. The Hall–Kier alpha value is -4.15. The molecule has 3 aromatic heterocycles. The molecule has 1 aromatic carbocycles. The molecule has 4 heterocycles. The lowest BCUT2D eigenvalue weighted by Crippen LogP contribution is -2.33. The Morgan fingerprint density at radius 1 is 1.27 bits per heavy atom. The van der Waals surface area contributed by atoms with E-state index in [1.54, 1.807) is 17.6 Å². The Bertz CT molecular complexity index is 1420. The number of nitrogen functional groups attached to an aromatic ring is 1. The molecule has 11 heteroatoms. The van der Waals surface area contributed by atoms with Gasteiger partial charge in [0.2, 0.25) is 5.91 Å². The molecule has 0 saturated carbocycles. The first-order chi connectivity index (χ1) is 15.8. The summed E-state index contributed by atoms with van der Waals surface area (Å²) in [5.41, 5.74) is 7.51. The van der Waals surface area contributed by atoms with Crippen LogP contribution in [0.3, 0.4) is 0 Å². The molecule has 1 aliphatic heterocycles. The number of aryl methyl sites for hydroxylation is 1. The summed E-state index contributed by atoms with van der Waals surface area (Å²) in [5, 5.41) is 16.5. The van der Waals surface area contributed by atoms with Crippen molar-refractivity contribution in [3.63, 3.8) is 0 Å². The summed E-state index contributed by atoms with van der Waals surface area (Å²) < 4.78 is 15.7. The molecule has 0 unspecified atom stereocenters. The molecular formula is C22H21FN8O2. The van der Waals surface area contributed by atoms with Gasteiger partial charge >= 0.3 is 0 Å². The number of phenolic OH excluding ortho intramolecular Hbond substituents is 1. The van der Waals surface area contributed by atoms with Crippen LogP contribution in [0.15, 0.2) is 30.7 Å². The van der Waals surface area contributed by atoms with E-state index in [9.17, 15) is 14.3 Å². The zero-order chi connectivity index (χ0) is 23.3. The Morgan fingerprint density at radius 2 is 2.09 bits per heavy atom. The average Bonchev–Trinajstić information content (AvgIpc) is 3.37. The Balaban J connectivity index is 1.64. The molecule has 10 nitrogen and oxygen atoms in total. The fourth-order valence-corrected chi connectivity index (χ4v) is 4.13. The maximum Gasteiger partial charge on any atom is 0.240 e. The number of hydrogen-bond acceptors (Lipinski definition) is 8. The van der Waals surface area contributed by atoms with Crippen LogP contribution < -0.4 is 11.1 Å². The molecule has 1 amide bonds. The van der Waals surface area contributed by atoms with Gasteiger partial charge in [0, 0.05) is 0 Å². The number of benzene rings is 1. The van der Waals surface area contributed by atoms with Crippen molar-refractivity contribution in [3.05, 3.63) is 53.4 Å². The molecule has 1 aliphatic rings. The summed E-state index contributed by atoms with van der Waals surface area (Å²) in [5.74, 6) is -1.24. The summed E-state index contributed by atoms with van der Waals surface area (Å²) in [4.78, 5) is 30.9. The van der Waals surface area contributed by atoms with E-state index in [4.69, 9.17) is 5.73 Å². The molecule has 0 radical (unpaired) electrons. The van der Waals surface area contributed by atoms with Crippen LogP contribution in [0.2, 0.25) is 0 Å². The highest BCUT2D eigenvalue weighted by Gasteiger charge is 2.48. The summed E-state index contributed by atoms with van der Waals surface area (Å²) >= 11 is 0. The number of anilines is 2. The van der Waals surface area contributed by atoms with E-state index in [2.05, 4.69) is 37.3 Å². The Kier molecular flexibility index (Phi) is 4.69. The van der Waals surface area contributed by atoms with Crippen molar-refractivity contribution in [2.24, 2.45) is 0 Å². The molecule has 4 N–H and O–H groups in total. The van der Waals surface area contributed by atoms with Crippen LogP contribution in [-0.2, 0) is 16.6 Å². The van der Waals surface area contributed by atoms with Crippen molar-refractivity contribution in [2.75, 3.05) is 11.1 Å². The second-order valence-electron chi connectivity index (χ2n) is 8.11. The van der Waals surface area contributed by atoms with Crippen LogP contribution in [0.4, 0.5) is 16.0 Å². The van der Waals surface area contributed by atoms with Crippen molar-refractivity contribution < 1.29 is 14.3 Å². The average molecular weight is 448 g/mol. The number of aromatic hydroxyl groups is 1. The van der Waals surface area contributed by atoms with Gasteiger partial charge in [0.15, 0.2) is 23.0 Å². The third-order valence-electron chi connectivity index (χ3n) is 5.98. The number of unbranched alkanes of at least 4 members (excludes halogenated alkanes) is 1. The van der Waals surface area contributed by atoms with E-state index in [0.717, 1.165) is 24.6 Å². The molecule has 0 saturated heterocycles. The monoisotopic (exact) mass is 448 g/mol. The van der Waals surface area contributed by atoms with E-state index in [0.29, 0.717) is 28.9 Å². The number of carbonyl (C=O) groups excluding carboxylic acids is 1. The summed E-state index contributed by atoms with van der Waals surface area (Å²) in [6.45, 7) is 3.71. The third-order valence-corrected chi connectivity index (χ3v) is 5.98. The van der Waals surface area contributed by atoms with Crippen LogP contribution in [-0.4, -0.2) is 40.6 Å². The normalized spacial score (nSPS) is 17.4. The first-order valence-electron chi connectivity index (χ1n) is 10.5. The number of rotatable bonds is 5. The fourth-order valence-electron chi connectivity index (χ4n) is 4.13. The summed E-state index contributed by atoms with van der Waals surface area (Å²) in [7, 11) is 0. The van der Waals surface area contributed by atoms with Crippen molar-refractivity contribution in [1.29, 1.82) is 0 Å². The first-order valence-corrected chi connectivity index (χ1v) is 10.5. The lowest BCUT2D eigenvalue weighted by atomic mass is 9.77. The molecule has 33 heavy (non-hydrogen) atoms. The lowest BCUT2D eigenvalue weighted by molar-refractivity contribution is -0.119. The number of nitrogens with one attached hydrogen (secondary N) is 1. The predicted octanol–water partition coefficient (Wildman–Crippen LogP) is 2.61. The van der Waals surface area contributed by atoms with Gasteiger partial charge < -0.3 is 16.2 Å². The Morgan fingerprint density at radius 3 is 2.85 bits per heavy atom. The maximum absolute atomic E-state index is 14.1. The molecular weight excluding hydrogens is 427 g/mol. The van der Waals surface area contributed by atoms with Crippen molar-refractivity contribution in [2.45, 2.75) is 38.5 Å². The quantitative estimate of drug-likeness (QED) is 0.423. The van der Waals surface area contributed by atoms with Crippen molar-refractivity contribution in [3.8, 4) is 17.3 Å². The molecule has 0 aliphatic carbocycles. The molecule has 168 valence electrons. The van der Waals surface area contributed by atoms with E-state index in [-0.39, 0.29) is 17.5 Å². The topological polar surface area (TPSA) is 144 Å². The van der Waals surface area contributed by atoms with Gasteiger partial charge in [-0.15, -0.1) is 0 Å². The van der Waals surface area contributed by atoms with Gasteiger partial charge in [0.1, 0.15) is 29.1 Å². The highest BCUT2D eigenvalue weighted by molar-refractivity contribution is 6.09. The highest BCUT2D eigenvalue weighted by atomic mass is 19.1. The van der Waals surface area contributed by atoms with Gasteiger partial charge in [-0.3, -0.25) is 4.79 Å². The van der Waals surface area contributed by atoms with Crippen molar-refractivity contribution >= 4 is 23.2 Å². The van der Waals surface area contributed by atoms with Crippen LogP contribution in [0, 0.1) is 5.82 Å². The standard InChI is InChI=1S/C22H21FN8O2/c1-3-4-5-13-20-25-10-26-31(20)9-14(27-13)18-28-17(24)16-19(29-18)30-21(33)22(16,2)11-6-7-15(32)12(23)8-11/h6-10,32H,3-5H2,1-2H3,(H3,24,28,29,30,33)/t22-/m0/s1. The highest BCUT2D eigenvalue weighted by Crippen LogP contribution is 2.45. The van der Waals surface area contributed by atoms with Crippen LogP contribution >= 0.6 is 0 Å². The molecule has 0 fully saturated rings. The number of phenols is 1. The summed E-state index contributed by atoms with van der Waals surface area (Å²) in [6.07, 6.45) is 5.76. The second kappa shape index (κ2) is 7.47. The van der Waals surface area contributed by atoms with Gasteiger partial charge in [-0.05, 0) is 37.5 Å². The number of fused-ring (bicyclic) bond motifs is 2. The smallest absolute Gasteiger partial charge is 0.240 e. The first kappa shape index (κ1) is 20.7. The van der Waals surface area contributed by atoms with Crippen LogP contribution in [0.5, 0.6) is 5.75 Å². The number of amides is 1. The van der Waals surface area contributed by atoms with Gasteiger partial charge in [-0.2, -0.15) is 5.10 Å². The second-order valence-corrected chi connectivity index (χ2v) is 8.11. The summed E-state index contributed by atoms with van der Waals surface area (Å²) in [6, 6.07) is 3.78. The minimum absolute atomic E-state index is 0.0694. The van der Waals surface area contributed by atoms with Crippen molar-refractivity contribution in [1.82, 2.24) is 29.5 Å². The number of carbonyl (C=O) groups is 1. The number of nitrogens with two attached hydrogens (primary N) is 1. The molecule has 0 bridgehead atoms. The number of nitrogens with zero attached hydrogens (tertiary/aromatic N) is 6. The van der Waals surface area contributed by atoms with E-state index < -0.39 is 22.9 Å². The fraction of sp³-hybridized carbons (Fsp3) is 0.273. The van der Waals surface area contributed by atoms with E-state index in [1.165, 1.54) is 18.5 Å². The predicted molar refractivity (Wildman–Crippen MR) is 118 cm³/mol. The number of hydrogen-bond donors (Lipinski definition) is 3. The third kappa shape index (κ3) is 3.15. The molecule has 0 spiro atoms. The van der Waals surface area contributed by atoms with Gasteiger partial charge in [0.05, 0.1) is 17.5 Å². The zero-order valence-electron chi connectivity index (χ0n) is 18.0. The Labute approximate surface area is 187 Å². The van der Waals surface area contributed by atoms with Gasteiger partial charge in [0.25, 0.3) is 0 Å². The molecule has 5 rings (SSSR count). The van der Waals surface area contributed by atoms with Gasteiger partial charge in [-0.25, -0.2) is 28.8 Å². The minimum Gasteiger partial charge on any atom is -0.505 e. The minimum atomic E-state index is -1.33. The lowest BCUT2D eigenvalue weighted by Gasteiger charge is -2.23. The van der Waals surface area contributed by atoms with E-state index in [1.807, 2.05) is 0 Å². The van der Waals surface area contributed by atoms with Crippen LogP contribution in [0.25, 0.3) is 17.2 Å². The SMILES string of the molecule is CCCCc1nc(-c2nc(N)c3c(n2)NC(=O)[C@@]3(C)c2ccc(O)c(F)c2)cn2ncnc12. The zero-order valence-corrected chi connectivity index (χ0v) is 18.0.